The monoisotopic (exact) mass is 463 g/mol. The first-order valence-corrected chi connectivity index (χ1v) is 12.1. The maximum absolute atomic E-state index is 9.32. The maximum atomic E-state index is 9.32. The molecule has 0 spiro atoms. The number of nitrogens with zero attached hydrogens (tertiary/aromatic N) is 3. The number of hydrogen-bond donors (Lipinski definition) is 0. The lowest BCUT2D eigenvalue weighted by Gasteiger charge is -2.42. The van der Waals surface area contributed by atoms with Crippen molar-refractivity contribution >= 4 is 17.1 Å². The number of para-hydroxylation sites is 3. The van der Waals surface area contributed by atoms with Crippen LogP contribution in [0.4, 0.5) is 17.1 Å². The van der Waals surface area contributed by atoms with Gasteiger partial charge >= 0.3 is 0 Å². The lowest BCUT2D eigenvalue weighted by atomic mass is 9.73. The summed E-state index contributed by atoms with van der Waals surface area (Å²) in [5.74, 6) is 0. The van der Waals surface area contributed by atoms with Crippen LogP contribution in [0.5, 0.6) is 0 Å². The molecule has 172 valence electrons. The fraction of sp³-hybridized carbons (Fsp3) is 0.0909. The van der Waals surface area contributed by atoms with Gasteiger partial charge in [0.25, 0.3) is 0 Å². The lowest BCUT2D eigenvalue weighted by molar-refractivity contribution is 0.632. The first kappa shape index (κ1) is 21.8. The van der Waals surface area contributed by atoms with Crippen LogP contribution in [0.25, 0.3) is 22.3 Å². The summed E-state index contributed by atoms with van der Waals surface area (Å²) in [4.78, 5) is 6.66. The molecule has 0 radical (unpaired) electrons. The van der Waals surface area contributed by atoms with E-state index in [0.717, 1.165) is 27.9 Å². The Morgan fingerprint density at radius 2 is 1.25 bits per heavy atom. The Hall–Kier alpha value is -4.68. The van der Waals surface area contributed by atoms with Gasteiger partial charge in [-0.15, -0.1) is 0 Å². The second kappa shape index (κ2) is 8.52. The molecule has 0 aliphatic carbocycles. The number of rotatable bonds is 3. The fourth-order valence-electron chi connectivity index (χ4n) is 5.37. The SMILES string of the molecule is CC1(C)c2ccccc2N(c2ccccc2-c2cccc(-c3cncc(C#N)c3)c2)c2ccccc21. The molecule has 0 fully saturated rings. The molecule has 0 atom stereocenters. The molecule has 5 aromatic rings. The predicted octanol–water partition coefficient (Wildman–Crippen LogP) is 8.40. The Kier molecular flexibility index (Phi) is 5.16. The predicted molar refractivity (Wildman–Crippen MR) is 147 cm³/mol. The van der Waals surface area contributed by atoms with E-state index in [1.54, 1.807) is 6.20 Å². The van der Waals surface area contributed by atoms with Crippen molar-refractivity contribution in [1.82, 2.24) is 4.98 Å². The Bertz CT molecular complexity index is 1590. The van der Waals surface area contributed by atoms with Gasteiger partial charge in [-0.2, -0.15) is 5.26 Å². The van der Waals surface area contributed by atoms with E-state index >= 15 is 0 Å². The van der Waals surface area contributed by atoms with Gasteiger partial charge in [-0.1, -0.05) is 86.6 Å². The van der Waals surface area contributed by atoms with Crippen molar-refractivity contribution in [2.75, 3.05) is 4.90 Å². The van der Waals surface area contributed by atoms with Crippen molar-refractivity contribution in [1.29, 1.82) is 5.26 Å². The molecule has 3 nitrogen and oxygen atoms in total. The summed E-state index contributed by atoms with van der Waals surface area (Å²) < 4.78 is 0. The topological polar surface area (TPSA) is 39.9 Å². The van der Waals surface area contributed by atoms with Gasteiger partial charge in [0, 0.05) is 28.9 Å². The standard InChI is InChI=1S/C33H25N3/c1-33(2)28-13-4-7-16-31(28)36(32-17-8-5-14-29(32)33)30-15-6-3-12-27(30)25-11-9-10-24(19-25)26-18-23(20-34)21-35-22-26/h3-19,21-22H,1-2H3. The van der Waals surface area contributed by atoms with Crippen LogP contribution in [-0.4, -0.2) is 4.98 Å². The van der Waals surface area contributed by atoms with Crippen LogP contribution in [0, 0.1) is 11.3 Å². The van der Waals surface area contributed by atoms with Crippen LogP contribution in [-0.2, 0) is 5.41 Å². The average Bonchev–Trinajstić information content (AvgIpc) is 2.94. The first-order valence-electron chi connectivity index (χ1n) is 12.1. The van der Waals surface area contributed by atoms with Gasteiger partial charge in [-0.25, -0.2) is 0 Å². The highest BCUT2D eigenvalue weighted by Gasteiger charge is 2.36. The minimum atomic E-state index is -0.0999. The summed E-state index contributed by atoms with van der Waals surface area (Å²) in [5, 5.41) is 9.32. The number of hydrogen-bond acceptors (Lipinski definition) is 3. The summed E-state index contributed by atoms with van der Waals surface area (Å²) in [6.07, 6.45) is 3.40. The molecule has 6 rings (SSSR count). The summed E-state index contributed by atoms with van der Waals surface area (Å²) >= 11 is 0. The van der Waals surface area contributed by atoms with Crippen molar-refractivity contribution in [2.24, 2.45) is 0 Å². The Labute approximate surface area is 211 Å². The maximum Gasteiger partial charge on any atom is 0.101 e. The van der Waals surface area contributed by atoms with Crippen LogP contribution >= 0.6 is 0 Å². The molecule has 0 unspecified atom stereocenters. The highest BCUT2D eigenvalue weighted by Crippen LogP contribution is 2.53. The van der Waals surface area contributed by atoms with Gasteiger partial charge in [0.05, 0.1) is 22.6 Å². The number of nitriles is 1. The summed E-state index contributed by atoms with van der Waals surface area (Å²) in [5.41, 5.74) is 10.9. The van der Waals surface area contributed by atoms with Crippen molar-refractivity contribution in [3.63, 3.8) is 0 Å². The van der Waals surface area contributed by atoms with Gasteiger partial charge in [0.1, 0.15) is 6.07 Å². The molecular weight excluding hydrogens is 438 g/mol. The van der Waals surface area contributed by atoms with Gasteiger partial charge in [0.15, 0.2) is 0 Å². The molecular formula is C33H25N3. The quantitative estimate of drug-likeness (QED) is 0.270. The Morgan fingerprint density at radius 1 is 0.639 bits per heavy atom. The van der Waals surface area contributed by atoms with E-state index in [4.69, 9.17) is 0 Å². The molecule has 1 aliphatic heterocycles. The molecule has 0 saturated carbocycles. The van der Waals surface area contributed by atoms with Crippen LogP contribution in [0.2, 0.25) is 0 Å². The molecule has 0 saturated heterocycles. The zero-order chi connectivity index (χ0) is 24.7. The number of fused-ring (bicyclic) bond motifs is 2. The highest BCUT2D eigenvalue weighted by atomic mass is 15.2. The van der Waals surface area contributed by atoms with Gasteiger partial charge in [-0.3, -0.25) is 4.98 Å². The smallest absolute Gasteiger partial charge is 0.101 e. The highest BCUT2D eigenvalue weighted by molar-refractivity contribution is 5.93. The van der Waals surface area contributed by atoms with E-state index in [1.807, 2.05) is 12.3 Å². The minimum Gasteiger partial charge on any atom is -0.309 e. The Morgan fingerprint density at radius 3 is 1.94 bits per heavy atom. The zero-order valence-electron chi connectivity index (χ0n) is 20.3. The number of aromatic nitrogens is 1. The third kappa shape index (κ3) is 3.47. The minimum absolute atomic E-state index is 0.0999. The van der Waals surface area contributed by atoms with Gasteiger partial charge in [0.2, 0.25) is 0 Å². The van der Waals surface area contributed by atoms with Crippen LogP contribution < -0.4 is 4.90 Å². The van der Waals surface area contributed by atoms with E-state index < -0.39 is 0 Å². The largest absolute Gasteiger partial charge is 0.309 e. The third-order valence-electron chi connectivity index (χ3n) is 7.16. The molecule has 0 N–H and O–H groups in total. The van der Waals surface area contributed by atoms with E-state index in [1.165, 1.54) is 22.5 Å². The summed E-state index contributed by atoms with van der Waals surface area (Å²) in [6.45, 7) is 4.61. The summed E-state index contributed by atoms with van der Waals surface area (Å²) in [7, 11) is 0. The molecule has 1 aliphatic rings. The molecule has 3 heteroatoms. The van der Waals surface area contributed by atoms with Gasteiger partial charge in [-0.05, 0) is 52.6 Å². The van der Waals surface area contributed by atoms with E-state index in [0.29, 0.717) is 5.56 Å². The van der Waals surface area contributed by atoms with Crippen LogP contribution in [0.1, 0.15) is 30.5 Å². The number of pyridine rings is 1. The fourth-order valence-corrected chi connectivity index (χ4v) is 5.37. The van der Waals surface area contributed by atoms with Crippen LogP contribution in [0.15, 0.2) is 116 Å². The van der Waals surface area contributed by atoms with E-state index in [-0.39, 0.29) is 5.41 Å². The third-order valence-corrected chi connectivity index (χ3v) is 7.16. The lowest BCUT2D eigenvalue weighted by Crippen LogP contribution is -2.30. The van der Waals surface area contributed by atoms with E-state index in [2.05, 4.69) is 127 Å². The second-order valence-corrected chi connectivity index (χ2v) is 9.67. The average molecular weight is 464 g/mol. The van der Waals surface area contributed by atoms with Crippen molar-refractivity contribution < 1.29 is 0 Å². The van der Waals surface area contributed by atoms with Crippen LogP contribution in [0.3, 0.4) is 0 Å². The molecule has 4 aromatic carbocycles. The number of benzene rings is 4. The Balaban J connectivity index is 1.55. The normalized spacial score (nSPS) is 13.4. The molecule has 2 heterocycles. The molecule has 0 bridgehead atoms. The summed E-state index contributed by atoms with van der Waals surface area (Å²) in [6, 6.07) is 38.6. The zero-order valence-corrected chi connectivity index (χ0v) is 20.3. The number of anilines is 3. The molecule has 36 heavy (non-hydrogen) atoms. The molecule has 0 amide bonds. The van der Waals surface area contributed by atoms with E-state index in [9.17, 15) is 5.26 Å². The first-order chi connectivity index (χ1) is 17.6. The molecule has 1 aromatic heterocycles. The van der Waals surface area contributed by atoms with Crippen molar-refractivity contribution in [3.05, 3.63) is 132 Å². The van der Waals surface area contributed by atoms with Crippen molar-refractivity contribution in [3.8, 4) is 28.3 Å². The second-order valence-electron chi connectivity index (χ2n) is 9.67. The van der Waals surface area contributed by atoms with Gasteiger partial charge < -0.3 is 4.90 Å². The van der Waals surface area contributed by atoms with Crippen molar-refractivity contribution in [2.45, 2.75) is 19.3 Å².